The Balaban J connectivity index is 1.79. The summed E-state index contributed by atoms with van der Waals surface area (Å²) < 4.78 is 69.0. The first-order chi connectivity index (χ1) is 12.0. The molecule has 0 aliphatic heterocycles. The van der Waals surface area contributed by atoms with Crippen molar-refractivity contribution in [3.8, 4) is 0 Å². The van der Waals surface area contributed by atoms with Crippen molar-refractivity contribution < 1.29 is 26.7 Å². The summed E-state index contributed by atoms with van der Waals surface area (Å²) in [7, 11) is 0. The highest BCUT2D eigenvalue weighted by atomic mass is 19.4. The van der Waals surface area contributed by atoms with E-state index in [2.05, 4.69) is 6.92 Å². The van der Waals surface area contributed by atoms with E-state index in [0.717, 1.165) is 25.7 Å². The molecule has 1 nitrogen and oxygen atoms in total. The van der Waals surface area contributed by atoms with Crippen molar-refractivity contribution in [1.29, 1.82) is 0 Å². The summed E-state index contributed by atoms with van der Waals surface area (Å²) in [5, 5.41) is 0. The van der Waals surface area contributed by atoms with Crippen molar-refractivity contribution in [3.05, 3.63) is 11.6 Å². The van der Waals surface area contributed by atoms with Crippen LogP contribution in [-0.2, 0) is 4.79 Å². The molecule has 0 bridgehead atoms. The fraction of sp³-hybridized carbons (Fsp3) is 0.850. The molecule has 0 N–H and O–H groups in total. The lowest BCUT2D eigenvalue weighted by atomic mass is 9.49. The number of fused-ring (bicyclic) bond motifs is 5. The predicted molar refractivity (Wildman–Crippen MR) is 86.6 cm³/mol. The smallest absolute Gasteiger partial charge is 0.295 e. The van der Waals surface area contributed by atoms with Gasteiger partial charge in [0.2, 0.25) is 0 Å². The third-order valence-corrected chi connectivity index (χ3v) is 7.97. The van der Waals surface area contributed by atoms with Gasteiger partial charge in [0.15, 0.2) is 5.78 Å². The molecule has 4 aliphatic carbocycles. The molecule has 3 fully saturated rings. The first-order valence-electron chi connectivity index (χ1n) is 9.72. The van der Waals surface area contributed by atoms with Crippen LogP contribution in [0.4, 0.5) is 22.0 Å². The molecular formula is C20H25F5O. The maximum atomic E-state index is 14.6. The van der Waals surface area contributed by atoms with Crippen LogP contribution in [0, 0.1) is 35.0 Å². The van der Waals surface area contributed by atoms with E-state index in [0.29, 0.717) is 24.8 Å². The van der Waals surface area contributed by atoms with E-state index in [4.69, 9.17) is 0 Å². The van der Waals surface area contributed by atoms with Crippen LogP contribution in [0.3, 0.4) is 0 Å². The number of carbonyl (C=O) groups excluding carboxylic acids is 1. The molecule has 26 heavy (non-hydrogen) atoms. The molecule has 6 heteroatoms. The molecule has 0 amide bonds. The number of alkyl halides is 5. The average Bonchev–Trinajstić information content (AvgIpc) is 2.94. The third-order valence-electron chi connectivity index (χ3n) is 7.97. The van der Waals surface area contributed by atoms with Gasteiger partial charge < -0.3 is 0 Å². The van der Waals surface area contributed by atoms with Crippen LogP contribution in [0.1, 0.15) is 58.3 Å². The minimum absolute atomic E-state index is 0.0168. The number of rotatable bonds is 1. The van der Waals surface area contributed by atoms with Crippen molar-refractivity contribution in [2.24, 2.45) is 35.0 Å². The SMILES string of the molecule is C[C@@]12CCC[C@H]1[C@H]1[C@H](CC2)[C@H]2CCC(=O)C=C2C[C@H]1C(F)(F)C(F)(F)F. The van der Waals surface area contributed by atoms with Crippen molar-refractivity contribution >= 4 is 5.78 Å². The van der Waals surface area contributed by atoms with Gasteiger partial charge in [0.25, 0.3) is 0 Å². The Labute approximate surface area is 150 Å². The van der Waals surface area contributed by atoms with E-state index < -0.39 is 23.9 Å². The lowest BCUT2D eigenvalue weighted by molar-refractivity contribution is -0.318. The molecule has 3 saturated carbocycles. The zero-order chi connectivity index (χ0) is 18.9. The van der Waals surface area contributed by atoms with Gasteiger partial charge in [0.05, 0.1) is 0 Å². The fourth-order valence-electron chi connectivity index (χ4n) is 6.80. The largest absolute Gasteiger partial charge is 0.453 e. The number of allylic oxidation sites excluding steroid dienone is 1. The Morgan fingerprint density at radius 2 is 1.81 bits per heavy atom. The van der Waals surface area contributed by atoms with Crippen LogP contribution < -0.4 is 0 Å². The second kappa shape index (κ2) is 5.78. The average molecular weight is 376 g/mol. The molecule has 0 radical (unpaired) electrons. The molecule has 6 atom stereocenters. The zero-order valence-electron chi connectivity index (χ0n) is 14.9. The van der Waals surface area contributed by atoms with Gasteiger partial charge in [-0.3, -0.25) is 4.79 Å². The van der Waals surface area contributed by atoms with E-state index >= 15 is 0 Å². The van der Waals surface area contributed by atoms with Gasteiger partial charge in [-0.05, 0) is 73.7 Å². The van der Waals surface area contributed by atoms with E-state index in [-0.39, 0.29) is 35.4 Å². The molecule has 0 aromatic heterocycles. The Morgan fingerprint density at radius 1 is 1.08 bits per heavy atom. The van der Waals surface area contributed by atoms with Gasteiger partial charge in [-0.15, -0.1) is 0 Å². The maximum absolute atomic E-state index is 14.6. The van der Waals surface area contributed by atoms with E-state index in [9.17, 15) is 26.7 Å². The summed E-state index contributed by atoms with van der Waals surface area (Å²) in [5.41, 5.74) is 0.449. The highest BCUT2D eigenvalue weighted by Crippen LogP contribution is 2.66. The summed E-state index contributed by atoms with van der Waals surface area (Å²) in [4.78, 5) is 11.8. The van der Waals surface area contributed by atoms with Gasteiger partial charge in [-0.2, -0.15) is 22.0 Å². The monoisotopic (exact) mass is 376 g/mol. The summed E-state index contributed by atoms with van der Waals surface area (Å²) in [6.07, 6.45) is 0.770. The lowest BCUT2D eigenvalue weighted by Crippen LogP contribution is -2.56. The summed E-state index contributed by atoms with van der Waals surface area (Å²) in [6.45, 7) is 2.08. The molecule has 146 valence electrons. The first-order valence-corrected chi connectivity index (χ1v) is 9.72. The highest BCUT2D eigenvalue weighted by Gasteiger charge is 2.68. The molecule has 0 aromatic carbocycles. The normalized spacial score (nSPS) is 43.4. The van der Waals surface area contributed by atoms with Gasteiger partial charge in [0, 0.05) is 12.3 Å². The molecule has 4 aliphatic rings. The van der Waals surface area contributed by atoms with Gasteiger partial charge >= 0.3 is 12.1 Å². The number of hydrogen-bond donors (Lipinski definition) is 0. The topological polar surface area (TPSA) is 17.1 Å². The molecule has 4 rings (SSSR count). The Hall–Kier alpha value is -0.940. The number of hydrogen-bond acceptors (Lipinski definition) is 1. The molecule has 0 aromatic rings. The van der Waals surface area contributed by atoms with Crippen LogP contribution in [-0.4, -0.2) is 17.9 Å². The quantitative estimate of drug-likeness (QED) is 0.518. The van der Waals surface area contributed by atoms with E-state index in [1.54, 1.807) is 0 Å². The minimum Gasteiger partial charge on any atom is -0.295 e. The van der Waals surface area contributed by atoms with Crippen LogP contribution in [0.2, 0.25) is 0 Å². The molecule has 0 spiro atoms. The van der Waals surface area contributed by atoms with Gasteiger partial charge in [0.1, 0.15) is 0 Å². The van der Waals surface area contributed by atoms with Crippen LogP contribution in [0.15, 0.2) is 11.6 Å². The lowest BCUT2D eigenvalue weighted by Gasteiger charge is -2.56. The molecular weight excluding hydrogens is 351 g/mol. The van der Waals surface area contributed by atoms with Gasteiger partial charge in [-0.25, -0.2) is 0 Å². The standard InChI is InChI=1S/C20H25F5O/c1-18-7-2-3-15(18)17-14(6-8-18)13-5-4-12(26)9-11(13)10-16(17)19(21,22)20(23,24)25/h9,13-17H,2-8,10H2,1H3/t13-,14+,15-,16+,17+,18-/m0/s1. The van der Waals surface area contributed by atoms with E-state index in [1.807, 2.05) is 0 Å². The highest BCUT2D eigenvalue weighted by molar-refractivity contribution is 5.91. The van der Waals surface area contributed by atoms with Crippen LogP contribution in [0.5, 0.6) is 0 Å². The Bertz CT molecular complexity index is 637. The zero-order valence-corrected chi connectivity index (χ0v) is 14.9. The Kier molecular flexibility index (Phi) is 4.09. The summed E-state index contributed by atoms with van der Waals surface area (Å²) in [5.74, 6) is -7.35. The molecule has 0 heterocycles. The van der Waals surface area contributed by atoms with Crippen LogP contribution in [0.25, 0.3) is 0 Å². The van der Waals surface area contributed by atoms with Gasteiger partial charge in [-0.1, -0.05) is 18.9 Å². The first kappa shape index (κ1) is 18.4. The molecule has 0 unspecified atom stereocenters. The fourth-order valence-corrected chi connectivity index (χ4v) is 6.80. The summed E-state index contributed by atoms with van der Waals surface area (Å²) >= 11 is 0. The van der Waals surface area contributed by atoms with Crippen molar-refractivity contribution in [3.63, 3.8) is 0 Å². The number of carbonyl (C=O) groups is 1. The third kappa shape index (κ3) is 2.57. The Morgan fingerprint density at radius 3 is 2.50 bits per heavy atom. The van der Waals surface area contributed by atoms with Crippen molar-refractivity contribution in [2.45, 2.75) is 70.4 Å². The van der Waals surface area contributed by atoms with Crippen molar-refractivity contribution in [2.75, 3.05) is 0 Å². The molecule has 0 saturated heterocycles. The number of ketones is 1. The van der Waals surface area contributed by atoms with E-state index in [1.165, 1.54) is 6.08 Å². The minimum atomic E-state index is -5.54. The van der Waals surface area contributed by atoms with Crippen molar-refractivity contribution in [1.82, 2.24) is 0 Å². The summed E-state index contributed by atoms with van der Waals surface area (Å²) in [6, 6.07) is 0. The predicted octanol–water partition coefficient (Wildman–Crippen LogP) is 5.94. The second-order valence-electron chi connectivity index (χ2n) is 9.19. The second-order valence-corrected chi connectivity index (χ2v) is 9.19. The maximum Gasteiger partial charge on any atom is 0.453 e. The van der Waals surface area contributed by atoms with Crippen LogP contribution >= 0.6 is 0 Å². The number of halogens is 5.